The summed E-state index contributed by atoms with van der Waals surface area (Å²) in [5, 5.41) is 9.88. The summed E-state index contributed by atoms with van der Waals surface area (Å²) in [5.74, 6) is 0.495. The predicted octanol–water partition coefficient (Wildman–Crippen LogP) is 2.19. The molecule has 3 heteroatoms. The smallest absolute Gasteiger partial charge is 0.177 e. The first kappa shape index (κ1) is 14.2. The first-order valence-corrected chi connectivity index (χ1v) is 6.98. The summed E-state index contributed by atoms with van der Waals surface area (Å²) in [4.78, 5) is 14.4. The summed E-state index contributed by atoms with van der Waals surface area (Å²) in [6, 6.07) is 5.98. The quantitative estimate of drug-likeness (QED) is 0.848. The molecule has 1 saturated heterocycles. The maximum Gasteiger partial charge on any atom is 0.177 e. The van der Waals surface area contributed by atoms with Crippen LogP contribution in [0.2, 0.25) is 0 Å². The number of Topliss-reactive ketones (excluding diaryl/α,β-unsaturated/α-hetero) is 1. The average Bonchev–Trinajstić information content (AvgIpc) is 2.36. The highest BCUT2D eigenvalue weighted by molar-refractivity contribution is 5.99. The van der Waals surface area contributed by atoms with E-state index in [1.165, 1.54) is 0 Å². The number of piperidine rings is 1. The van der Waals surface area contributed by atoms with E-state index >= 15 is 0 Å². The molecule has 0 saturated carbocycles. The Hall–Kier alpha value is -1.19. The minimum atomic E-state index is -0.305. The Kier molecular flexibility index (Phi) is 4.38. The second-order valence-electron chi connectivity index (χ2n) is 5.81. The van der Waals surface area contributed by atoms with Gasteiger partial charge in [0.05, 0.1) is 12.6 Å². The SMILES string of the molecule is Cc1ccc(C)c(C(=O)CN2CCC(C)C(O)C2)c1. The van der Waals surface area contributed by atoms with Crippen LogP contribution in [0.25, 0.3) is 0 Å². The molecule has 1 heterocycles. The Bertz CT molecular complexity index is 470. The summed E-state index contributed by atoms with van der Waals surface area (Å²) >= 11 is 0. The van der Waals surface area contributed by atoms with Gasteiger partial charge in [0.15, 0.2) is 5.78 Å². The molecule has 2 rings (SSSR count). The van der Waals surface area contributed by atoms with Crippen molar-refractivity contribution in [2.45, 2.75) is 33.3 Å². The van der Waals surface area contributed by atoms with Crippen LogP contribution in [-0.2, 0) is 0 Å². The van der Waals surface area contributed by atoms with Crippen molar-refractivity contribution in [2.24, 2.45) is 5.92 Å². The number of likely N-dealkylation sites (tertiary alicyclic amines) is 1. The van der Waals surface area contributed by atoms with Crippen molar-refractivity contribution in [1.29, 1.82) is 0 Å². The Morgan fingerprint density at radius 3 is 2.84 bits per heavy atom. The van der Waals surface area contributed by atoms with Gasteiger partial charge >= 0.3 is 0 Å². The molecule has 0 aliphatic carbocycles. The van der Waals surface area contributed by atoms with Crippen LogP contribution in [0.5, 0.6) is 0 Å². The lowest BCUT2D eigenvalue weighted by molar-refractivity contribution is 0.0294. The number of carbonyl (C=O) groups excluding carboxylic acids is 1. The molecule has 19 heavy (non-hydrogen) atoms. The molecular weight excluding hydrogens is 238 g/mol. The average molecular weight is 261 g/mol. The number of rotatable bonds is 3. The van der Waals surface area contributed by atoms with Gasteiger partial charge in [0, 0.05) is 12.1 Å². The van der Waals surface area contributed by atoms with E-state index in [-0.39, 0.29) is 11.9 Å². The standard InChI is InChI=1S/C16H23NO2/c1-11-4-5-12(2)14(8-11)16(19)10-17-7-6-13(3)15(18)9-17/h4-5,8,13,15,18H,6-7,9-10H2,1-3H3. The number of aliphatic hydroxyl groups is 1. The molecule has 1 fully saturated rings. The van der Waals surface area contributed by atoms with E-state index in [2.05, 4.69) is 11.8 Å². The van der Waals surface area contributed by atoms with Crippen LogP contribution in [0.3, 0.4) is 0 Å². The van der Waals surface area contributed by atoms with Crippen LogP contribution in [0, 0.1) is 19.8 Å². The maximum atomic E-state index is 12.4. The van der Waals surface area contributed by atoms with Crippen molar-refractivity contribution in [1.82, 2.24) is 4.90 Å². The molecule has 1 aliphatic heterocycles. The fourth-order valence-corrected chi connectivity index (χ4v) is 2.58. The molecule has 1 aromatic rings. The zero-order valence-electron chi connectivity index (χ0n) is 12.0. The molecule has 2 atom stereocenters. The molecule has 0 amide bonds. The number of aliphatic hydroxyl groups excluding tert-OH is 1. The lowest BCUT2D eigenvalue weighted by atomic mass is 9.95. The minimum absolute atomic E-state index is 0.156. The van der Waals surface area contributed by atoms with Gasteiger partial charge in [-0.1, -0.05) is 24.6 Å². The second kappa shape index (κ2) is 5.85. The Morgan fingerprint density at radius 1 is 1.42 bits per heavy atom. The van der Waals surface area contributed by atoms with E-state index < -0.39 is 0 Å². The van der Waals surface area contributed by atoms with Gasteiger partial charge in [-0.15, -0.1) is 0 Å². The third-order valence-electron chi connectivity index (χ3n) is 4.06. The van der Waals surface area contributed by atoms with Gasteiger partial charge in [0.1, 0.15) is 0 Å². The monoisotopic (exact) mass is 261 g/mol. The van der Waals surface area contributed by atoms with Crippen LogP contribution in [0.1, 0.15) is 34.8 Å². The van der Waals surface area contributed by atoms with Crippen molar-refractivity contribution in [2.75, 3.05) is 19.6 Å². The van der Waals surface area contributed by atoms with E-state index in [1.807, 2.05) is 32.0 Å². The van der Waals surface area contributed by atoms with E-state index in [0.29, 0.717) is 19.0 Å². The molecule has 0 radical (unpaired) electrons. The number of nitrogens with zero attached hydrogens (tertiary/aromatic N) is 1. The summed E-state index contributed by atoms with van der Waals surface area (Å²) in [7, 11) is 0. The Morgan fingerprint density at radius 2 is 2.16 bits per heavy atom. The van der Waals surface area contributed by atoms with Crippen molar-refractivity contribution in [3.05, 3.63) is 34.9 Å². The fourth-order valence-electron chi connectivity index (χ4n) is 2.58. The predicted molar refractivity (Wildman–Crippen MR) is 76.5 cm³/mol. The molecule has 0 aromatic heterocycles. The highest BCUT2D eigenvalue weighted by atomic mass is 16.3. The number of carbonyl (C=O) groups is 1. The van der Waals surface area contributed by atoms with Gasteiger partial charge in [-0.2, -0.15) is 0 Å². The highest BCUT2D eigenvalue weighted by Gasteiger charge is 2.25. The Labute approximate surface area is 115 Å². The van der Waals surface area contributed by atoms with Gasteiger partial charge in [-0.3, -0.25) is 9.69 Å². The zero-order valence-corrected chi connectivity index (χ0v) is 12.0. The summed E-state index contributed by atoms with van der Waals surface area (Å²) in [6.45, 7) is 7.96. The Balaban J connectivity index is 2.03. The molecular formula is C16H23NO2. The molecule has 0 spiro atoms. The van der Waals surface area contributed by atoms with E-state index in [1.54, 1.807) is 0 Å². The normalized spacial score (nSPS) is 24.4. The molecule has 0 bridgehead atoms. The van der Waals surface area contributed by atoms with E-state index in [4.69, 9.17) is 0 Å². The zero-order chi connectivity index (χ0) is 14.0. The minimum Gasteiger partial charge on any atom is -0.392 e. The number of benzene rings is 1. The number of β-amino-alcohol motifs (C(OH)–C–C–N with tert-alkyl or cyclic N) is 1. The molecule has 1 aromatic carbocycles. The van der Waals surface area contributed by atoms with E-state index in [0.717, 1.165) is 29.7 Å². The largest absolute Gasteiger partial charge is 0.392 e. The van der Waals surface area contributed by atoms with Crippen LogP contribution in [0.4, 0.5) is 0 Å². The molecule has 2 unspecified atom stereocenters. The lowest BCUT2D eigenvalue weighted by Gasteiger charge is -2.33. The topological polar surface area (TPSA) is 40.5 Å². The number of hydrogen-bond donors (Lipinski definition) is 1. The third kappa shape index (κ3) is 3.43. The van der Waals surface area contributed by atoms with E-state index in [9.17, 15) is 9.90 Å². The number of ketones is 1. The van der Waals surface area contributed by atoms with Gasteiger partial charge < -0.3 is 5.11 Å². The second-order valence-corrected chi connectivity index (χ2v) is 5.81. The number of aryl methyl sites for hydroxylation is 2. The van der Waals surface area contributed by atoms with Crippen molar-refractivity contribution >= 4 is 5.78 Å². The van der Waals surface area contributed by atoms with Crippen LogP contribution in [0.15, 0.2) is 18.2 Å². The number of hydrogen-bond acceptors (Lipinski definition) is 3. The summed E-state index contributed by atoms with van der Waals surface area (Å²) < 4.78 is 0. The molecule has 1 aliphatic rings. The van der Waals surface area contributed by atoms with Crippen molar-refractivity contribution < 1.29 is 9.90 Å². The van der Waals surface area contributed by atoms with Crippen molar-refractivity contribution in [3.63, 3.8) is 0 Å². The third-order valence-corrected chi connectivity index (χ3v) is 4.06. The van der Waals surface area contributed by atoms with Crippen LogP contribution >= 0.6 is 0 Å². The fraction of sp³-hybridized carbons (Fsp3) is 0.562. The first-order valence-electron chi connectivity index (χ1n) is 6.98. The lowest BCUT2D eigenvalue weighted by Crippen LogP contribution is -2.44. The summed E-state index contributed by atoms with van der Waals surface area (Å²) in [6.07, 6.45) is 0.654. The van der Waals surface area contributed by atoms with Crippen molar-refractivity contribution in [3.8, 4) is 0 Å². The van der Waals surface area contributed by atoms with Gasteiger partial charge in [-0.25, -0.2) is 0 Å². The molecule has 3 nitrogen and oxygen atoms in total. The summed E-state index contributed by atoms with van der Waals surface area (Å²) in [5.41, 5.74) is 2.95. The van der Waals surface area contributed by atoms with Gasteiger partial charge in [0.25, 0.3) is 0 Å². The molecule has 1 N–H and O–H groups in total. The highest BCUT2D eigenvalue weighted by Crippen LogP contribution is 2.18. The first-order chi connectivity index (χ1) is 8.97. The van der Waals surface area contributed by atoms with Gasteiger partial charge in [0.2, 0.25) is 0 Å². The van der Waals surface area contributed by atoms with Crippen LogP contribution in [-0.4, -0.2) is 41.5 Å². The van der Waals surface area contributed by atoms with Gasteiger partial charge in [-0.05, 0) is 44.4 Å². The van der Waals surface area contributed by atoms with Crippen LogP contribution < -0.4 is 0 Å². The maximum absolute atomic E-state index is 12.4. The molecule has 104 valence electrons.